The summed E-state index contributed by atoms with van der Waals surface area (Å²) in [6.45, 7) is 4.93. The van der Waals surface area contributed by atoms with Crippen LogP contribution in [-0.4, -0.2) is 21.9 Å². The maximum Gasteiger partial charge on any atom is 0.223 e. The summed E-state index contributed by atoms with van der Waals surface area (Å²) < 4.78 is 0. The monoisotopic (exact) mass is 402 g/mol. The molecule has 0 atom stereocenters. The molecule has 5 heteroatoms. The number of fused-ring (bicyclic) bond motifs is 1. The van der Waals surface area contributed by atoms with E-state index in [9.17, 15) is 4.79 Å². The third-order valence-corrected chi connectivity index (χ3v) is 5.92. The van der Waals surface area contributed by atoms with E-state index in [0.29, 0.717) is 24.5 Å². The predicted octanol–water partition coefficient (Wildman–Crippen LogP) is 5.04. The Hall–Kier alpha value is -2.95. The topological polar surface area (TPSA) is 66.9 Å². The highest BCUT2D eigenvalue weighted by atomic mass is 16.1. The number of carbonyl (C=O) groups excluding carboxylic acids is 1. The van der Waals surface area contributed by atoms with Crippen molar-refractivity contribution in [2.24, 2.45) is 5.92 Å². The van der Waals surface area contributed by atoms with E-state index in [2.05, 4.69) is 30.5 Å². The highest BCUT2D eigenvalue weighted by Crippen LogP contribution is 2.28. The van der Waals surface area contributed by atoms with Crippen LogP contribution in [0.25, 0.3) is 10.9 Å². The summed E-state index contributed by atoms with van der Waals surface area (Å²) in [4.78, 5) is 22.1. The molecular formula is C25H30N4O. The second kappa shape index (κ2) is 9.24. The van der Waals surface area contributed by atoms with Gasteiger partial charge in [-0.25, -0.2) is 9.97 Å². The number of hydrogen-bond donors (Lipinski definition) is 2. The minimum absolute atomic E-state index is 0.0931. The Balaban J connectivity index is 1.34. The second-order valence-electron chi connectivity index (χ2n) is 8.50. The van der Waals surface area contributed by atoms with Crippen LogP contribution in [0.5, 0.6) is 0 Å². The lowest BCUT2D eigenvalue weighted by molar-refractivity contribution is -0.126. The Morgan fingerprint density at radius 3 is 2.40 bits per heavy atom. The zero-order valence-electron chi connectivity index (χ0n) is 17.8. The number of rotatable bonds is 6. The molecule has 2 N–H and O–H groups in total. The summed E-state index contributed by atoms with van der Waals surface area (Å²) in [5.41, 5.74) is 3.19. The Kier molecular flexibility index (Phi) is 6.26. The van der Waals surface area contributed by atoms with E-state index >= 15 is 0 Å². The molecular weight excluding hydrogens is 372 g/mol. The summed E-state index contributed by atoms with van der Waals surface area (Å²) in [6, 6.07) is 18.6. The van der Waals surface area contributed by atoms with Crippen molar-refractivity contribution in [3.63, 3.8) is 0 Å². The van der Waals surface area contributed by atoms with Crippen LogP contribution in [0.2, 0.25) is 0 Å². The van der Waals surface area contributed by atoms with Crippen molar-refractivity contribution in [1.29, 1.82) is 0 Å². The quantitative estimate of drug-likeness (QED) is 0.606. The van der Waals surface area contributed by atoms with Gasteiger partial charge in [-0.2, -0.15) is 0 Å². The second-order valence-corrected chi connectivity index (χ2v) is 8.50. The first-order chi connectivity index (χ1) is 14.6. The van der Waals surface area contributed by atoms with Crippen LogP contribution in [0.4, 0.5) is 5.95 Å². The van der Waals surface area contributed by atoms with E-state index in [-0.39, 0.29) is 11.8 Å². The van der Waals surface area contributed by atoms with Gasteiger partial charge in [-0.15, -0.1) is 0 Å². The first kappa shape index (κ1) is 20.3. The number of aromatic nitrogens is 2. The van der Waals surface area contributed by atoms with Crippen LogP contribution in [0.3, 0.4) is 0 Å². The molecule has 1 aliphatic carbocycles. The van der Waals surface area contributed by atoms with Gasteiger partial charge in [-0.1, -0.05) is 62.4 Å². The van der Waals surface area contributed by atoms with Crippen LogP contribution < -0.4 is 10.6 Å². The van der Waals surface area contributed by atoms with Gasteiger partial charge in [0.05, 0.1) is 11.2 Å². The zero-order chi connectivity index (χ0) is 20.9. The summed E-state index contributed by atoms with van der Waals surface area (Å²) in [6.07, 6.45) is 3.69. The molecule has 0 radical (unpaired) electrons. The van der Waals surface area contributed by atoms with Crippen LogP contribution >= 0.6 is 0 Å². The molecule has 2 aromatic carbocycles. The molecule has 0 unspecified atom stereocenters. The minimum atomic E-state index is 0.0931. The maximum atomic E-state index is 12.5. The van der Waals surface area contributed by atoms with Crippen molar-refractivity contribution < 1.29 is 4.79 Å². The van der Waals surface area contributed by atoms with Gasteiger partial charge < -0.3 is 10.6 Å². The maximum absolute atomic E-state index is 12.5. The number of para-hydroxylation sites is 1. The standard InChI is InChI=1S/C25H30N4O/c1-17(2)23-21-10-6-7-11-22(21)28-25(29-23)27-20-14-12-19(13-15-20)24(30)26-16-18-8-4-3-5-9-18/h3-11,17,19-20H,12-16H2,1-2H3,(H,26,30)(H,27,28,29). The van der Waals surface area contributed by atoms with E-state index in [0.717, 1.165) is 47.8 Å². The molecule has 30 heavy (non-hydrogen) atoms. The van der Waals surface area contributed by atoms with Crippen molar-refractivity contribution in [3.05, 3.63) is 65.9 Å². The molecule has 1 heterocycles. The average Bonchev–Trinajstić information content (AvgIpc) is 2.78. The third-order valence-electron chi connectivity index (χ3n) is 5.92. The summed E-state index contributed by atoms with van der Waals surface area (Å²) in [5, 5.41) is 7.74. The molecule has 3 aromatic rings. The highest BCUT2D eigenvalue weighted by molar-refractivity contribution is 5.82. The van der Waals surface area contributed by atoms with Crippen molar-refractivity contribution in [3.8, 4) is 0 Å². The molecule has 0 bridgehead atoms. The third kappa shape index (κ3) is 4.78. The Labute approximate surface area is 178 Å². The molecule has 0 aliphatic heterocycles. The van der Waals surface area contributed by atoms with Crippen molar-refractivity contribution >= 4 is 22.8 Å². The number of hydrogen-bond acceptors (Lipinski definition) is 4. The lowest BCUT2D eigenvalue weighted by atomic mass is 9.85. The molecule has 4 rings (SSSR count). The van der Waals surface area contributed by atoms with Gasteiger partial charge in [0.2, 0.25) is 11.9 Å². The fourth-order valence-electron chi connectivity index (χ4n) is 4.22. The average molecular weight is 403 g/mol. The number of anilines is 1. The van der Waals surface area contributed by atoms with Crippen molar-refractivity contribution in [2.45, 2.75) is 58.0 Å². The number of amides is 1. The van der Waals surface area contributed by atoms with Gasteiger partial charge in [0.15, 0.2) is 0 Å². The van der Waals surface area contributed by atoms with Gasteiger partial charge in [0, 0.05) is 23.9 Å². The molecule has 5 nitrogen and oxygen atoms in total. The van der Waals surface area contributed by atoms with Gasteiger partial charge in [-0.05, 0) is 43.2 Å². The van der Waals surface area contributed by atoms with Gasteiger partial charge in [0.25, 0.3) is 0 Å². The molecule has 0 saturated heterocycles. The number of nitrogens with one attached hydrogen (secondary N) is 2. The number of carbonyl (C=O) groups is 1. The van der Waals surface area contributed by atoms with Crippen LogP contribution in [-0.2, 0) is 11.3 Å². The van der Waals surface area contributed by atoms with Gasteiger partial charge in [0.1, 0.15) is 0 Å². The van der Waals surface area contributed by atoms with E-state index in [1.807, 2.05) is 48.5 Å². The highest BCUT2D eigenvalue weighted by Gasteiger charge is 2.26. The fourth-order valence-corrected chi connectivity index (χ4v) is 4.22. The SMILES string of the molecule is CC(C)c1nc(NC2CCC(C(=O)NCc3ccccc3)CC2)nc2ccccc12. The number of benzene rings is 2. The summed E-state index contributed by atoms with van der Waals surface area (Å²) in [7, 11) is 0. The molecule has 1 amide bonds. The van der Waals surface area contributed by atoms with Gasteiger partial charge >= 0.3 is 0 Å². The number of nitrogens with zero attached hydrogens (tertiary/aromatic N) is 2. The van der Waals surface area contributed by atoms with Crippen LogP contribution in [0.1, 0.15) is 56.7 Å². The van der Waals surface area contributed by atoms with Crippen LogP contribution in [0, 0.1) is 5.92 Å². The smallest absolute Gasteiger partial charge is 0.223 e. The Morgan fingerprint density at radius 1 is 0.967 bits per heavy atom. The van der Waals surface area contributed by atoms with Crippen molar-refractivity contribution in [2.75, 3.05) is 5.32 Å². The van der Waals surface area contributed by atoms with Gasteiger partial charge in [-0.3, -0.25) is 4.79 Å². The largest absolute Gasteiger partial charge is 0.352 e. The summed E-state index contributed by atoms with van der Waals surface area (Å²) >= 11 is 0. The van der Waals surface area contributed by atoms with E-state index in [1.165, 1.54) is 0 Å². The van der Waals surface area contributed by atoms with Crippen LogP contribution in [0.15, 0.2) is 54.6 Å². The Morgan fingerprint density at radius 2 is 1.67 bits per heavy atom. The zero-order valence-corrected chi connectivity index (χ0v) is 17.8. The normalized spacial score (nSPS) is 19.0. The summed E-state index contributed by atoms with van der Waals surface area (Å²) in [5.74, 6) is 1.30. The van der Waals surface area contributed by atoms with E-state index in [1.54, 1.807) is 0 Å². The van der Waals surface area contributed by atoms with Crippen molar-refractivity contribution in [1.82, 2.24) is 15.3 Å². The first-order valence-corrected chi connectivity index (χ1v) is 10.9. The van der Waals surface area contributed by atoms with E-state index in [4.69, 9.17) is 9.97 Å². The Bertz CT molecular complexity index is 994. The molecule has 156 valence electrons. The molecule has 1 aromatic heterocycles. The fraction of sp³-hybridized carbons (Fsp3) is 0.400. The lowest BCUT2D eigenvalue weighted by Gasteiger charge is -2.28. The molecule has 0 spiro atoms. The molecule has 1 saturated carbocycles. The molecule has 1 fully saturated rings. The predicted molar refractivity (Wildman–Crippen MR) is 121 cm³/mol. The molecule has 1 aliphatic rings. The lowest BCUT2D eigenvalue weighted by Crippen LogP contribution is -2.35. The first-order valence-electron chi connectivity index (χ1n) is 10.9. The minimum Gasteiger partial charge on any atom is -0.352 e. The van der Waals surface area contributed by atoms with E-state index < -0.39 is 0 Å².